The number of hydrogen-bond donors (Lipinski definition) is 1. The summed E-state index contributed by atoms with van der Waals surface area (Å²) >= 11 is 1.52. The molecule has 1 aliphatic rings. The summed E-state index contributed by atoms with van der Waals surface area (Å²) in [5.74, 6) is 0.493. The fourth-order valence-corrected chi connectivity index (χ4v) is 4.00. The Morgan fingerprint density at radius 3 is 2.87 bits per heavy atom. The molecule has 1 amide bonds. The van der Waals surface area contributed by atoms with Gasteiger partial charge in [-0.15, -0.1) is 11.8 Å². The average molecular weight is 443 g/mol. The van der Waals surface area contributed by atoms with Crippen LogP contribution in [0.5, 0.6) is 0 Å². The Kier molecular flexibility index (Phi) is 5.81. The van der Waals surface area contributed by atoms with Crippen molar-refractivity contribution in [3.63, 3.8) is 0 Å². The number of carbonyl (C=O) groups excluding carboxylic acids is 1. The number of thioether (sulfide) groups is 1. The van der Waals surface area contributed by atoms with Crippen molar-refractivity contribution in [2.75, 3.05) is 19.3 Å². The Morgan fingerprint density at radius 1 is 1.39 bits per heavy atom. The van der Waals surface area contributed by atoms with Crippen LogP contribution in [0.25, 0.3) is 22.5 Å². The molecule has 0 radical (unpaired) electrons. The predicted octanol–water partition coefficient (Wildman–Crippen LogP) is 4.23. The van der Waals surface area contributed by atoms with E-state index < -0.39 is 5.60 Å². The Balaban J connectivity index is 1.70. The van der Waals surface area contributed by atoms with E-state index >= 15 is 0 Å². The van der Waals surface area contributed by atoms with Crippen LogP contribution in [0.1, 0.15) is 38.6 Å². The van der Waals surface area contributed by atoms with Gasteiger partial charge in [0.15, 0.2) is 5.65 Å². The second kappa shape index (κ2) is 8.39. The molecule has 4 rings (SSSR count). The third-order valence-electron chi connectivity index (χ3n) is 4.89. The number of hydrogen-bond acceptors (Lipinski definition) is 7. The number of carbonyl (C=O) groups is 1. The highest BCUT2D eigenvalue weighted by molar-refractivity contribution is 7.98. The standard InChI is InChI=1S/C22H26N4O4S/c1-22(2,3)30-21(28)25-7-5-6-14(10-25)17-11-26-18(15-8-16(12-27)29-13-15)9-23-19(26)20(24-17)31-4/h6,8-9,11,13,27H,5,7,10,12H2,1-4H3. The van der Waals surface area contributed by atoms with Crippen molar-refractivity contribution in [2.24, 2.45) is 0 Å². The largest absolute Gasteiger partial charge is 0.466 e. The summed E-state index contributed by atoms with van der Waals surface area (Å²) in [5, 5.41) is 10.1. The summed E-state index contributed by atoms with van der Waals surface area (Å²) in [6, 6.07) is 1.80. The first kappa shape index (κ1) is 21.5. The summed E-state index contributed by atoms with van der Waals surface area (Å²) < 4.78 is 12.9. The third-order valence-corrected chi connectivity index (χ3v) is 5.55. The molecule has 0 unspecified atom stereocenters. The fourth-order valence-electron chi connectivity index (χ4n) is 3.48. The molecule has 1 aliphatic heterocycles. The van der Waals surface area contributed by atoms with Crippen LogP contribution in [0.2, 0.25) is 0 Å². The van der Waals surface area contributed by atoms with Crippen molar-refractivity contribution < 1.29 is 19.1 Å². The number of rotatable bonds is 4. The lowest BCUT2D eigenvalue weighted by Crippen LogP contribution is -2.39. The molecule has 0 aliphatic carbocycles. The van der Waals surface area contributed by atoms with E-state index in [4.69, 9.17) is 14.1 Å². The molecule has 8 nitrogen and oxygen atoms in total. The maximum Gasteiger partial charge on any atom is 0.410 e. The molecule has 0 saturated heterocycles. The lowest BCUT2D eigenvalue weighted by molar-refractivity contribution is 0.0273. The summed E-state index contributed by atoms with van der Waals surface area (Å²) in [4.78, 5) is 23.6. The van der Waals surface area contributed by atoms with E-state index in [1.54, 1.807) is 23.4 Å². The number of aliphatic hydroxyl groups excluding tert-OH is 1. The van der Waals surface area contributed by atoms with Crippen molar-refractivity contribution in [3.05, 3.63) is 42.3 Å². The molecule has 0 saturated carbocycles. The molecule has 3 aromatic heterocycles. The minimum absolute atomic E-state index is 0.160. The first-order chi connectivity index (χ1) is 14.8. The lowest BCUT2D eigenvalue weighted by atomic mass is 10.1. The second-order valence-corrected chi connectivity index (χ2v) is 9.15. The topological polar surface area (TPSA) is 93.1 Å². The van der Waals surface area contributed by atoms with Gasteiger partial charge in [0, 0.05) is 18.3 Å². The molecule has 1 N–H and O–H groups in total. The SMILES string of the molecule is CSc1nc(C2=CCCN(C(=O)OC(C)(C)C)C2)cn2c(-c3coc(CO)c3)cnc12. The number of ether oxygens (including phenoxy) is 1. The summed E-state index contributed by atoms with van der Waals surface area (Å²) in [6.07, 6.45) is 9.83. The fraction of sp³-hybridized carbons (Fsp3) is 0.409. The van der Waals surface area contributed by atoms with Gasteiger partial charge >= 0.3 is 6.09 Å². The van der Waals surface area contributed by atoms with Crippen LogP contribution < -0.4 is 0 Å². The highest BCUT2D eigenvalue weighted by Gasteiger charge is 2.26. The third kappa shape index (κ3) is 4.47. The number of aromatic nitrogens is 3. The zero-order valence-electron chi connectivity index (χ0n) is 18.1. The van der Waals surface area contributed by atoms with Crippen molar-refractivity contribution in [1.29, 1.82) is 0 Å². The van der Waals surface area contributed by atoms with Gasteiger partial charge in [-0.1, -0.05) is 6.08 Å². The minimum Gasteiger partial charge on any atom is -0.466 e. The van der Waals surface area contributed by atoms with E-state index in [-0.39, 0.29) is 12.7 Å². The van der Waals surface area contributed by atoms with E-state index in [0.29, 0.717) is 18.8 Å². The zero-order chi connectivity index (χ0) is 22.2. The van der Waals surface area contributed by atoms with Crippen molar-refractivity contribution in [3.8, 4) is 11.3 Å². The van der Waals surface area contributed by atoms with Gasteiger partial charge in [-0.05, 0) is 45.1 Å². The molecule has 0 spiro atoms. The van der Waals surface area contributed by atoms with Gasteiger partial charge in [-0.25, -0.2) is 14.8 Å². The normalized spacial score (nSPS) is 14.7. The average Bonchev–Trinajstić information content (AvgIpc) is 3.38. The summed E-state index contributed by atoms with van der Waals surface area (Å²) in [5.41, 5.74) is 3.64. The van der Waals surface area contributed by atoms with Crippen LogP contribution >= 0.6 is 11.8 Å². The van der Waals surface area contributed by atoms with Gasteiger partial charge in [-0.2, -0.15) is 0 Å². The molecule has 0 fully saturated rings. The molecule has 0 aromatic carbocycles. The van der Waals surface area contributed by atoms with Gasteiger partial charge < -0.3 is 19.2 Å². The Hall–Kier alpha value is -2.78. The maximum atomic E-state index is 12.6. The lowest BCUT2D eigenvalue weighted by Gasteiger charge is -2.30. The van der Waals surface area contributed by atoms with Crippen LogP contribution in [0.4, 0.5) is 4.79 Å². The summed E-state index contributed by atoms with van der Waals surface area (Å²) in [6.45, 7) is 6.49. The van der Waals surface area contributed by atoms with Crippen molar-refractivity contribution in [1.82, 2.24) is 19.3 Å². The first-order valence-electron chi connectivity index (χ1n) is 10.1. The number of nitrogens with zero attached hydrogens (tertiary/aromatic N) is 4. The Labute approximate surface area is 184 Å². The molecule has 3 aromatic rings. The van der Waals surface area contributed by atoms with Crippen LogP contribution in [-0.2, 0) is 11.3 Å². The van der Waals surface area contributed by atoms with Gasteiger partial charge in [-0.3, -0.25) is 4.40 Å². The van der Waals surface area contributed by atoms with E-state index in [9.17, 15) is 9.90 Å². The van der Waals surface area contributed by atoms with Gasteiger partial charge in [0.05, 0.1) is 24.1 Å². The van der Waals surface area contributed by atoms with E-state index in [1.807, 2.05) is 37.6 Å². The number of furan rings is 1. The number of imidazole rings is 1. The highest BCUT2D eigenvalue weighted by atomic mass is 32.2. The molecular formula is C22H26N4O4S. The summed E-state index contributed by atoms with van der Waals surface area (Å²) in [7, 11) is 0. The molecule has 9 heteroatoms. The molecule has 0 bridgehead atoms. The van der Waals surface area contributed by atoms with Crippen LogP contribution in [0.3, 0.4) is 0 Å². The number of amides is 1. The van der Waals surface area contributed by atoms with Crippen LogP contribution in [-0.4, -0.2) is 55.4 Å². The first-order valence-corrected chi connectivity index (χ1v) is 11.3. The van der Waals surface area contributed by atoms with Gasteiger partial charge in [0.2, 0.25) is 0 Å². The van der Waals surface area contributed by atoms with Crippen LogP contribution in [0.15, 0.2) is 40.2 Å². The highest BCUT2D eigenvalue weighted by Crippen LogP contribution is 2.30. The zero-order valence-corrected chi connectivity index (χ0v) is 18.9. The Morgan fingerprint density at radius 2 is 2.19 bits per heavy atom. The number of aliphatic hydroxyl groups is 1. The minimum atomic E-state index is -0.536. The van der Waals surface area contributed by atoms with Gasteiger partial charge in [0.25, 0.3) is 0 Å². The quantitative estimate of drug-likeness (QED) is 0.605. The Bertz CT molecular complexity index is 1140. The molecule has 0 atom stereocenters. The maximum absolute atomic E-state index is 12.6. The number of fused-ring (bicyclic) bond motifs is 1. The van der Waals surface area contributed by atoms with Crippen molar-refractivity contribution in [2.45, 2.75) is 44.4 Å². The van der Waals surface area contributed by atoms with Crippen molar-refractivity contribution >= 4 is 29.1 Å². The van der Waals surface area contributed by atoms with E-state index in [0.717, 1.165) is 39.6 Å². The monoisotopic (exact) mass is 442 g/mol. The van der Waals surface area contributed by atoms with Crippen LogP contribution in [0, 0.1) is 0 Å². The van der Waals surface area contributed by atoms with E-state index in [2.05, 4.69) is 11.1 Å². The van der Waals surface area contributed by atoms with E-state index in [1.165, 1.54) is 11.8 Å². The smallest absolute Gasteiger partial charge is 0.410 e. The molecule has 164 valence electrons. The second-order valence-electron chi connectivity index (χ2n) is 8.35. The molecule has 4 heterocycles. The molecule has 31 heavy (non-hydrogen) atoms. The predicted molar refractivity (Wildman–Crippen MR) is 119 cm³/mol. The molecular weight excluding hydrogens is 416 g/mol. The van der Waals surface area contributed by atoms with Gasteiger partial charge in [0.1, 0.15) is 29.3 Å².